The van der Waals surface area contributed by atoms with Gasteiger partial charge in [-0.05, 0) is 42.2 Å². The number of phenols is 1. The lowest BCUT2D eigenvalue weighted by Crippen LogP contribution is -2.31. The maximum absolute atomic E-state index is 13.4. The van der Waals surface area contributed by atoms with Crippen LogP contribution in [0.3, 0.4) is 0 Å². The molecule has 3 aromatic rings. The Morgan fingerprint density at radius 3 is 2.65 bits per heavy atom. The second kappa shape index (κ2) is 10.2. The SMILES string of the molecule is COCCCN1C(=O)c2[nH]nc(-c3ccccc3O)c2C1c1ccc(OCC(C)C)c(OC)c1. The quantitative estimate of drug-likeness (QED) is 0.431. The molecule has 4 rings (SSSR count). The van der Waals surface area contributed by atoms with E-state index in [1.165, 1.54) is 0 Å². The summed E-state index contributed by atoms with van der Waals surface area (Å²) in [6.45, 7) is 5.80. The second-order valence-corrected chi connectivity index (χ2v) is 8.74. The Labute approximate surface area is 199 Å². The number of aromatic hydroxyl groups is 1. The fourth-order valence-electron chi connectivity index (χ4n) is 4.26. The second-order valence-electron chi connectivity index (χ2n) is 8.74. The van der Waals surface area contributed by atoms with Gasteiger partial charge in [-0.15, -0.1) is 0 Å². The molecular formula is C26H31N3O5. The average molecular weight is 466 g/mol. The first-order valence-corrected chi connectivity index (χ1v) is 11.4. The largest absolute Gasteiger partial charge is 0.507 e. The maximum atomic E-state index is 13.4. The molecule has 8 nitrogen and oxygen atoms in total. The summed E-state index contributed by atoms with van der Waals surface area (Å²) in [6.07, 6.45) is 0.690. The topological polar surface area (TPSA) is 96.9 Å². The number of carbonyl (C=O) groups excluding carboxylic acids is 1. The van der Waals surface area contributed by atoms with Crippen LogP contribution in [-0.2, 0) is 4.74 Å². The van der Waals surface area contributed by atoms with Gasteiger partial charge in [0.05, 0.1) is 19.8 Å². The van der Waals surface area contributed by atoms with Crippen LogP contribution in [0.1, 0.15) is 47.9 Å². The minimum absolute atomic E-state index is 0.107. The molecule has 0 radical (unpaired) electrons. The van der Waals surface area contributed by atoms with Crippen LogP contribution in [-0.4, -0.2) is 60.1 Å². The van der Waals surface area contributed by atoms with E-state index >= 15 is 0 Å². The third-order valence-corrected chi connectivity index (χ3v) is 5.85. The van der Waals surface area contributed by atoms with Gasteiger partial charge in [-0.3, -0.25) is 9.89 Å². The summed E-state index contributed by atoms with van der Waals surface area (Å²) < 4.78 is 16.8. The van der Waals surface area contributed by atoms with E-state index in [2.05, 4.69) is 24.0 Å². The molecule has 1 aromatic heterocycles. The molecule has 34 heavy (non-hydrogen) atoms. The number of nitrogens with one attached hydrogen (secondary N) is 1. The molecule has 0 bridgehead atoms. The van der Waals surface area contributed by atoms with Crippen LogP contribution in [0.2, 0.25) is 0 Å². The van der Waals surface area contributed by atoms with Gasteiger partial charge in [-0.25, -0.2) is 0 Å². The first kappa shape index (κ1) is 23.6. The summed E-state index contributed by atoms with van der Waals surface area (Å²) in [5.41, 5.74) is 3.16. The fourth-order valence-corrected chi connectivity index (χ4v) is 4.26. The number of aromatic amines is 1. The van der Waals surface area contributed by atoms with Crippen molar-refractivity contribution < 1.29 is 24.1 Å². The number of para-hydroxylation sites is 1. The maximum Gasteiger partial charge on any atom is 0.273 e. The van der Waals surface area contributed by atoms with Crippen molar-refractivity contribution in [2.45, 2.75) is 26.3 Å². The molecule has 2 heterocycles. The zero-order chi connectivity index (χ0) is 24.2. The molecule has 0 saturated carbocycles. The summed E-state index contributed by atoms with van der Waals surface area (Å²) in [4.78, 5) is 15.2. The number of methoxy groups -OCH3 is 2. The normalized spacial score (nSPS) is 15.1. The predicted molar refractivity (Wildman–Crippen MR) is 128 cm³/mol. The van der Waals surface area contributed by atoms with Crippen molar-refractivity contribution in [1.82, 2.24) is 15.1 Å². The highest BCUT2D eigenvalue weighted by atomic mass is 16.5. The summed E-state index contributed by atoms with van der Waals surface area (Å²) in [5.74, 6) is 1.61. The molecule has 1 aliphatic heterocycles. The van der Waals surface area contributed by atoms with E-state index in [0.717, 1.165) is 11.1 Å². The Morgan fingerprint density at radius 2 is 1.94 bits per heavy atom. The Hall–Kier alpha value is -3.52. The van der Waals surface area contributed by atoms with Crippen LogP contribution in [0.15, 0.2) is 42.5 Å². The van der Waals surface area contributed by atoms with E-state index in [1.807, 2.05) is 29.2 Å². The highest BCUT2D eigenvalue weighted by molar-refractivity contribution is 6.00. The summed E-state index contributed by atoms with van der Waals surface area (Å²) in [7, 11) is 3.25. The molecule has 1 amide bonds. The van der Waals surface area contributed by atoms with Gasteiger partial charge in [0.15, 0.2) is 11.5 Å². The Bertz CT molecular complexity index is 1160. The molecule has 1 aliphatic rings. The Morgan fingerprint density at radius 1 is 1.15 bits per heavy atom. The van der Waals surface area contributed by atoms with Crippen LogP contribution in [0.4, 0.5) is 0 Å². The molecule has 2 N–H and O–H groups in total. The third-order valence-electron chi connectivity index (χ3n) is 5.85. The number of nitrogens with zero attached hydrogens (tertiary/aromatic N) is 2. The molecule has 2 aromatic carbocycles. The van der Waals surface area contributed by atoms with Crippen molar-refractivity contribution in [1.29, 1.82) is 0 Å². The smallest absolute Gasteiger partial charge is 0.273 e. The summed E-state index contributed by atoms with van der Waals surface area (Å²) >= 11 is 0. The van der Waals surface area contributed by atoms with Gasteiger partial charge in [-0.2, -0.15) is 5.10 Å². The molecule has 180 valence electrons. The third kappa shape index (κ3) is 4.46. The van der Waals surface area contributed by atoms with Gasteiger partial charge in [-0.1, -0.05) is 32.0 Å². The fraction of sp³-hybridized carbons (Fsp3) is 0.385. The van der Waals surface area contributed by atoms with Gasteiger partial charge < -0.3 is 24.2 Å². The molecule has 0 saturated heterocycles. The zero-order valence-corrected chi connectivity index (χ0v) is 20.0. The average Bonchev–Trinajstić information content (AvgIpc) is 3.37. The first-order chi connectivity index (χ1) is 16.5. The number of carbonyl (C=O) groups is 1. The monoisotopic (exact) mass is 465 g/mol. The molecule has 0 aliphatic carbocycles. The number of H-pyrrole nitrogens is 1. The van der Waals surface area contributed by atoms with Crippen LogP contribution in [0.5, 0.6) is 17.2 Å². The molecular weight excluding hydrogens is 434 g/mol. The number of hydrogen-bond donors (Lipinski definition) is 2. The molecule has 1 atom stereocenters. The van der Waals surface area contributed by atoms with Crippen LogP contribution in [0, 0.1) is 5.92 Å². The lowest BCUT2D eigenvalue weighted by atomic mass is 9.95. The summed E-state index contributed by atoms with van der Waals surface area (Å²) in [5, 5.41) is 17.8. The van der Waals surface area contributed by atoms with Crippen molar-refractivity contribution in [2.75, 3.05) is 34.0 Å². The van der Waals surface area contributed by atoms with Gasteiger partial charge >= 0.3 is 0 Å². The number of phenolic OH excluding ortho intramolecular Hbond substituents is 1. The first-order valence-electron chi connectivity index (χ1n) is 11.4. The van der Waals surface area contributed by atoms with E-state index in [0.29, 0.717) is 60.5 Å². The van der Waals surface area contributed by atoms with E-state index < -0.39 is 6.04 Å². The van der Waals surface area contributed by atoms with E-state index in [-0.39, 0.29) is 11.7 Å². The van der Waals surface area contributed by atoms with Crippen molar-refractivity contribution in [3.8, 4) is 28.5 Å². The van der Waals surface area contributed by atoms with Gasteiger partial charge in [0.1, 0.15) is 17.1 Å². The number of fused-ring (bicyclic) bond motifs is 1. The lowest BCUT2D eigenvalue weighted by Gasteiger charge is -2.27. The van der Waals surface area contributed by atoms with Crippen molar-refractivity contribution in [3.63, 3.8) is 0 Å². The van der Waals surface area contributed by atoms with Crippen LogP contribution >= 0.6 is 0 Å². The lowest BCUT2D eigenvalue weighted by molar-refractivity contribution is 0.0723. The number of aromatic nitrogens is 2. The van der Waals surface area contributed by atoms with E-state index in [4.69, 9.17) is 14.2 Å². The van der Waals surface area contributed by atoms with Gasteiger partial charge in [0, 0.05) is 31.4 Å². The predicted octanol–water partition coefficient (Wildman–Crippen LogP) is 4.41. The Kier molecular flexibility index (Phi) is 7.07. The highest BCUT2D eigenvalue weighted by Crippen LogP contribution is 2.45. The number of hydrogen-bond acceptors (Lipinski definition) is 6. The number of benzene rings is 2. The Balaban J connectivity index is 1.80. The van der Waals surface area contributed by atoms with Crippen LogP contribution in [0.25, 0.3) is 11.3 Å². The molecule has 0 fully saturated rings. The molecule has 1 unspecified atom stereocenters. The minimum atomic E-state index is -0.402. The standard InChI is InChI=1S/C26H31N3O5/c1-16(2)15-34-20-11-10-17(14-21(20)33-4)25-22-23(18-8-5-6-9-19(18)30)27-28-24(22)26(31)29(25)12-7-13-32-3/h5-6,8-11,14,16,25,30H,7,12-13,15H2,1-4H3,(H,27,28). The van der Waals surface area contributed by atoms with Gasteiger partial charge in [0.25, 0.3) is 5.91 Å². The van der Waals surface area contributed by atoms with Crippen LogP contribution < -0.4 is 9.47 Å². The molecule has 0 spiro atoms. The zero-order valence-electron chi connectivity index (χ0n) is 20.0. The van der Waals surface area contributed by atoms with Gasteiger partial charge in [0.2, 0.25) is 0 Å². The van der Waals surface area contributed by atoms with E-state index in [1.54, 1.807) is 32.4 Å². The van der Waals surface area contributed by atoms with E-state index in [9.17, 15) is 9.90 Å². The van der Waals surface area contributed by atoms with Crippen molar-refractivity contribution in [3.05, 3.63) is 59.3 Å². The number of amides is 1. The highest BCUT2D eigenvalue weighted by Gasteiger charge is 2.42. The molecule has 8 heteroatoms. The number of rotatable bonds is 10. The summed E-state index contributed by atoms with van der Waals surface area (Å²) in [6, 6.07) is 12.3. The van der Waals surface area contributed by atoms with Crippen molar-refractivity contribution >= 4 is 5.91 Å². The van der Waals surface area contributed by atoms with Crippen molar-refractivity contribution in [2.24, 2.45) is 5.92 Å². The minimum Gasteiger partial charge on any atom is -0.507 e. The number of ether oxygens (including phenoxy) is 3.